The number of rotatable bonds is 7. The second kappa shape index (κ2) is 13.3. The van der Waals surface area contributed by atoms with Gasteiger partial charge in [0.05, 0.1) is 29.3 Å². The van der Waals surface area contributed by atoms with E-state index in [-0.39, 0.29) is 5.56 Å². The summed E-state index contributed by atoms with van der Waals surface area (Å²) in [5, 5.41) is 12.9. The standard InChI is InChI=1S/C21H23NO2.C8H8ClN5/c1-5-14(3)15(4)20(12-16(6-2)13-23)17-8-7-9-19-18(17)10-11-22-21(19)24;1-10-6-4-7(9)8(11-5-6)14-12-2-3-13-14/h6-13H,5H2,1-4H3,(H,22,24);2-5,10H,1H3/b15-14?,16-6+,20-12+;. The van der Waals surface area contributed by atoms with Gasteiger partial charge in [-0.3, -0.25) is 9.59 Å². The lowest BCUT2D eigenvalue weighted by molar-refractivity contribution is -0.104. The van der Waals surface area contributed by atoms with Crippen LogP contribution in [-0.4, -0.2) is 38.3 Å². The third kappa shape index (κ3) is 6.52. The first-order chi connectivity index (χ1) is 18.3. The third-order valence-electron chi connectivity index (χ3n) is 6.18. The Kier molecular flexibility index (Phi) is 9.90. The minimum atomic E-state index is -0.107. The maximum atomic E-state index is 12.1. The van der Waals surface area contributed by atoms with Crippen molar-refractivity contribution in [3.05, 3.63) is 105 Å². The Labute approximate surface area is 226 Å². The van der Waals surface area contributed by atoms with E-state index < -0.39 is 0 Å². The number of nitrogens with zero attached hydrogens (tertiary/aromatic N) is 4. The molecule has 0 spiro atoms. The van der Waals surface area contributed by atoms with E-state index in [4.69, 9.17) is 11.6 Å². The van der Waals surface area contributed by atoms with Gasteiger partial charge in [0.15, 0.2) is 5.82 Å². The Morgan fingerprint density at radius 3 is 2.50 bits per heavy atom. The van der Waals surface area contributed by atoms with Crippen LogP contribution in [0.2, 0.25) is 5.02 Å². The van der Waals surface area contributed by atoms with E-state index in [0.29, 0.717) is 21.8 Å². The van der Waals surface area contributed by atoms with Gasteiger partial charge in [0.2, 0.25) is 0 Å². The molecule has 0 atom stereocenters. The number of nitrogens with one attached hydrogen (secondary N) is 2. The predicted molar refractivity (Wildman–Crippen MR) is 155 cm³/mol. The molecule has 0 aliphatic rings. The Morgan fingerprint density at radius 2 is 1.89 bits per heavy atom. The normalized spacial score (nSPS) is 12.5. The highest BCUT2D eigenvalue weighted by molar-refractivity contribution is 6.32. The van der Waals surface area contributed by atoms with E-state index in [1.165, 1.54) is 10.4 Å². The second-order valence-electron chi connectivity index (χ2n) is 8.39. The van der Waals surface area contributed by atoms with Crippen molar-refractivity contribution < 1.29 is 4.79 Å². The highest BCUT2D eigenvalue weighted by Crippen LogP contribution is 2.32. The van der Waals surface area contributed by atoms with Crippen molar-refractivity contribution in [1.29, 1.82) is 0 Å². The highest BCUT2D eigenvalue weighted by atomic mass is 35.5. The first-order valence-electron chi connectivity index (χ1n) is 12.1. The van der Waals surface area contributed by atoms with Crippen molar-refractivity contribution in [1.82, 2.24) is 25.0 Å². The van der Waals surface area contributed by atoms with Gasteiger partial charge in [0.25, 0.3) is 5.56 Å². The number of allylic oxidation sites excluding steroid dienone is 6. The molecule has 196 valence electrons. The van der Waals surface area contributed by atoms with Crippen LogP contribution < -0.4 is 10.9 Å². The van der Waals surface area contributed by atoms with Crippen LogP contribution in [0.5, 0.6) is 0 Å². The summed E-state index contributed by atoms with van der Waals surface area (Å²) in [5.41, 5.74) is 5.69. The van der Waals surface area contributed by atoms with E-state index in [2.05, 4.69) is 46.3 Å². The van der Waals surface area contributed by atoms with E-state index in [1.807, 2.05) is 37.3 Å². The molecular weight excluding hydrogens is 500 g/mol. The number of pyridine rings is 2. The van der Waals surface area contributed by atoms with Crippen molar-refractivity contribution in [3.8, 4) is 5.82 Å². The van der Waals surface area contributed by atoms with Crippen LogP contribution in [0.3, 0.4) is 0 Å². The fourth-order valence-corrected chi connectivity index (χ4v) is 3.97. The van der Waals surface area contributed by atoms with Gasteiger partial charge in [0.1, 0.15) is 6.29 Å². The molecule has 2 N–H and O–H groups in total. The van der Waals surface area contributed by atoms with Gasteiger partial charge < -0.3 is 10.3 Å². The fourth-order valence-electron chi connectivity index (χ4n) is 3.73. The number of carbonyl (C=O) groups is 1. The molecule has 0 aliphatic heterocycles. The maximum absolute atomic E-state index is 12.1. The van der Waals surface area contributed by atoms with Crippen molar-refractivity contribution in [2.24, 2.45) is 0 Å². The zero-order valence-electron chi connectivity index (χ0n) is 22.1. The van der Waals surface area contributed by atoms with Crippen LogP contribution in [0.15, 0.2) is 88.8 Å². The van der Waals surface area contributed by atoms with Gasteiger partial charge in [0, 0.05) is 24.2 Å². The lowest BCUT2D eigenvalue weighted by atomic mass is 9.90. The second-order valence-corrected chi connectivity index (χ2v) is 8.80. The maximum Gasteiger partial charge on any atom is 0.255 e. The number of anilines is 1. The summed E-state index contributed by atoms with van der Waals surface area (Å²) in [6.45, 7) is 8.12. The molecule has 8 nitrogen and oxygen atoms in total. The number of hydrogen-bond acceptors (Lipinski definition) is 6. The summed E-state index contributed by atoms with van der Waals surface area (Å²) in [7, 11) is 1.80. The van der Waals surface area contributed by atoms with Gasteiger partial charge in [-0.1, -0.05) is 42.3 Å². The van der Waals surface area contributed by atoms with Gasteiger partial charge in [-0.15, -0.1) is 4.80 Å². The fraction of sp³-hybridized carbons (Fsp3) is 0.207. The van der Waals surface area contributed by atoms with E-state index in [1.54, 1.807) is 44.0 Å². The molecule has 9 heteroatoms. The molecule has 3 aromatic heterocycles. The molecule has 38 heavy (non-hydrogen) atoms. The number of hydrogen-bond donors (Lipinski definition) is 2. The molecule has 3 heterocycles. The summed E-state index contributed by atoms with van der Waals surface area (Å²) in [6, 6.07) is 9.37. The quantitative estimate of drug-likeness (QED) is 0.168. The van der Waals surface area contributed by atoms with E-state index in [0.717, 1.165) is 40.5 Å². The van der Waals surface area contributed by atoms with E-state index >= 15 is 0 Å². The average molecular weight is 531 g/mol. The van der Waals surface area contributed by atoms with Crippen LogP contribution in [-0.2, 0) is 4.79 Å². The number of aldehydes is 1. The van der Waals surface area contributed by atoms with Crippen LogP contribution in [0.1, 0.15) is 39.7 Å². The van der Waals surface area contributed by atoms with Crippen LogP contribution >= 0.6 is 11.6 Å². The molecular formula is C29H31ClN6O2. The Hall–Kier alpha value is -4.30. The van der Waals surface area contributed by atoms with E-state index in [9.17, 15) is 9.59 Å². The minimum Gasteiger partial charge on any atom is -0.387 e. The Balaban J connectivity index is 0.000000241. The molecule has 0 saturated carbocycles. The lowest BCUT2D eigenvalue weighted by Crippen LogP contribution is -2.05. The summed E-state index contributed by atoms with van der Waals surface area (Å²) >= 11 is 6.00. The Bertz CT molecular complexity index is 1570. The van der Waals surface area contributed by atoms with Crippen LogP contribution in [0.25, 0.3) is 22.2 Å². The first kappa shape index (κ1) is 28.3. The number of aromatic amines is 1. The summed E-state index contributed by atoms with van der Waals surface area (Å²) in [5.74, 6) is 0.524. The minimum absolute atomic E-state index is 0.107. The Morgan fingerprint density at radius 1 is 1.16 bits per heavy atom. The molecule has 0 fully saturated rings. The van der Waals surface area contributed by atoms with Gasteiger partial charge in [-0.25, -0.2) is 4.98 Å². The number of carbonyl (C=O) groups excluding carboxylic acids is 1. The molecule has 1 aromatic carbocycles. The number of halogens is 1. The molecule has 0 saturated heterocycles. The van der Waals surface area contributed by atoms with Gasteiger partial charge in [-0.05, 0) is 73.6 Å². The number of fused-ring (bicyclic) bond motifs is 1. The average Bonchev–Trinajstić information content (AvgIpc) is 3.48. The molecule has 0 bridgehead atoms. The zero-order valence-corrected chi connectivity index (χ0v) is 22.9. The number of aromatic nitrogens is 5. The lowest BCUT2D eigenvalue weighted by Gasteiger charge is -2.14. The zero-order chi connectivity index (χ0) is 27.7. The monoisotopic (exact) mass is 530 g/mol. The topological polar surface area (TPSA) is 106 Å². The molecule has 0 radical (unpaired) electrons. The molecule has 0 aliphatic carbocycles. The van der Waals surface area contributed by atoms with Gasteiger partial charge in [-0.2, -0.15) is 10.2 Å². The summed E-state index contributed by atoms with van der Waals surface area (Å²) in [6.07, 6.45) is 12.0. The van der Waals surface area contributed by atoms with Crippen molar-refractivity contribution >= 4 is 39.9 Å². The smallest absolute Gasteiger partial charge is 0.255 e. The first-order valence-corrected chi connectivity index (χ1v) is 12.5. The number of H-pyrrole nitrogens is 1. The third-order valence-corrected chi connectivity index (χ3v) is 6.46. The van der Waals surface area contributed by atoms with Gasteiger partial charge >= 0.3 is 0 Å². The largest absolute Gasteiger partial charge is 0.387 e. The van der Waals surface area contributed by atoms with Crippen LogP contribution in [0.4, 0.5) is 5.69 Å². The summed E-state index contributed by atoms with van der Waals surface area (Å²) in [4.78, 5) is 31.6. The van der Waals surface area contributed by atoms with Crippen molar-refractivity contribution in [2.75, 3.05) is 12.4 Å². The van der Waals surface area contributed by atoms with Crippen molar-refractivity contribution in [3.63, 3.8) is 0 Å². The van der Waals surface area contributed by atoms with Crippen molar-refractivity contribution in [2.45, 2.75) is 34.1 Å². The molecule has 4 aromatic rings. The SMILES string of the molecule is C/C=C(C=O)\C=C(/C(C)=C(C)CC)c1cccc2c(=O)[nH]ccc12.CNc1cnc(-n2nccn2)c(Cl)c1. The number of benzene rings is 1. The molecule has 0 unspecified atom stereocenters. The molecule has 4 rings (SSSR count). The molecule has 0 amide bonds. The summed E-state index contributed by atoms with van der Waals surface area (Å²) < 4.78 is 0. The van der Waals surface area contributed by atoms with Crippen LogP contribution in [0, 0.1) is 0 Å². The highest BCUT2D eigenvalue weighted by Gasteiger charge is 2.12. The predicted octanol–water partition coefficient (Wildman–Crippen LogP) is 6.16.